The number of rotatable bonds is 7. The fourth-order valence-electron chi connectivity index (χ4n) is 3.88. The average Bonchev–Trinajstić information content (AvgIpc) is 3.36. The first-order chi connectivity index (χ1) is 14.2. The van der Waals surface area contributed by atoms with Crippen LogP contribution in [-0.2, 0) is 25.5 Å². The molecule has 6 N–H and O–H groups in total. The van der Waals surface area contributed by atoms with Crippen LogP contribution in [0.25, 0.3) is 0 Å². The van der Waals surface area contributed by atoms with Gasteiger partial charge < -0.3 is 31.4 Å². The summed E-state index contributed by atoms with van der Waals surface area (Å²) < 4.78 is 11.7. The maximum absolute atomic E-state index is 13.2. The zero-order chi connectivity index (χ0) is 21.9. The molecule has 9 nitrogen and oxygen atoms in total. The summed E-state index contributed by atoms with van der Waals surface area (Å²) in [6, 6.07) is 4.73. The largest absolute Gasteiger partial charge is 0.508 e. The fraction of sp³-hybridized carbons (Fsp3) is 0.619. The third kappa shape index (κ3) is 4.81. The van der Waals surface area contributed by atoms with E-state index in [1.807, 2.05) is 13.8 Å². The molecule has 0 bridgehead atoms. The molecule has 1 spiro atoms. The topological polar surface area (TPSA) is 140 Å². The Balaban J connectivity index is 1.78. The molecule has 1 unspecified atom stereocenters. The zero-order valence-electron chi connectivity index (χ0n) is 17.5. The fourth-order valence-corrected chi connectivity index (χ4v) is 3.88. The summed E-state index contributed by atoms with van der Waals surface area (Å²) in [5, 5.41) is 12.7. The number of nitrogens with one attached hydrogen (secondary N) is 1. The first kappa shape index (κ1) is 22.6. The number of amides is 2. The Bertz CT molecular complexity index is 743. The summed E-state index contributed by atoms with van der Waals surface area (Å²) in [5.41, 5.74) is 13.1. The van der Waals surface area contributed by atoms with Gasteiger partial charge in [-0.05, 0) is 30.0 Å². The average molecular weight is 421 g/mol. The van der Waals surface area contributed by atoms with E-state index in [-0.39, 0.29) is 30.6 Å². The Morgan fingerprint density at radius 3 is 2.43 bits per heavy atom. The molecule has 2 saturated heterocycles. The molecule has 3 atom stereocenters. The van der Waals surface area contributed by atoms with Gasteiger partial charge in [0.15, 0.2) is 5.79 Å². The van der Waals surface area contributed by atoms with Gasteiger partial charge in [-0.2, -0.15) is 0 Å². The van der Waals surface area contributed by atoms with Gasteiger partial charge in [-0.1, -0.05) is 26.0 Å². The molecule has 9 heteroatoms. The van der Waals surface area contributed by atoms with E-state index in [4.69, 9.17) is 20.9 Å². The van der Waals surface area contributed by atoms with Crippen molar-refractivity contribution in [3.63, 3.8) is 0 Å². The molecule has 2 amide bonds. The van der Waals surface area contributed by atoms with Crippen molar-refractivity contribution in [2.24, 2.45) is 23.3 Å². The summed E-state index contributed by atoms with van der Waals surface area (Å²) in [7, 11) is 0. The highest BCUT2D eigenvalue weighted by atomic mass is 16.7. The van der Waals surface area contributed by atoms with Gasteiger partial charge in [0.2, 0.25) is 11.8 Å². The second-order valence-corrected chi connectivity index (χ2v) is 8.37. The van der Waals surface area contributed by atoms with Gasteiger partial charge >= 0.3 is 0 Å². The van der Waals surface area contributed by atoms with Crippen molar-refractivity contribution in [2.75, 3.05) is 32.8 Å². The first-order valence-corrected chi connectivity index (χ1v) is 10.4. The summed E-state index contributed by atoms with van der Waals surface area (Å²) in [6.07, 6.45) is 0.237. The number of aromatic hydroxyl groups is 1. The predicted octanol–water partition coefficient (Wildman–Crippen LogP) is -0.437. The minimum absolute atomic E-state index is 0.119. The van der Waals surface area contributed by atoms with Gasteiger partial charge in [-0.3, -0.25) is 14.5 Å². The highest BCUT2D eigenvalue weighted by Gasteiger charge is 2.50. The minimum Gasteiger partial charge on any atom is -0.508 e. The van der Waals surface area contributed by atoms with E-state index >= 15 is 0 Å². The van der Waals surface area contributed by atoms with Crippen LogP contribution in [-0.4, -0.2) is 72.5 Å². The van der Waals surface area contributed by atoms with Crippen LogP contribution >= 0.6 is 0 Å². The monoisotopic (exact) mass is 420 g/mol. The molecular weight excluding hydrogens is 388 g/mol. The zero-order valence-corrected chi connectivity index (χ0v) is 17.5. The first-order valence-electron chi connectivity index (χ1n) is 10.4. The molecule has 0 aromatic heterocycles. The van der Waals surface area contributed by atoms with Crippen LogP contribution in [0.2, 0.25) is 0 Å². The van der Waals surface area contributed by atoms with Crippen LogP contribution < -0.4 is 16.8 Å². The number of carbonyl (C=O) groups excluding carboxylic acids is 2. The Morgan fingerprint density at radius 1 is 1.20 bits per heavy atom. The van der Waals surface area contributed by atoms with Crippen molar-refractivity contribution in [2.45, 2.75) is 38.1 Å². The molecule has 30 heavy (non-hydrogen) atoms. The molecule has 166 valence electrons. The van der Waals surface area contributed by atoms with Crippen LogP contribution in [0.15, 0.2) is 24.3 Å². The Labute approximate surface area is 176 Å². The molecule has 1 aromatic carbocycles. The smallest absolute Gasteiger partial charge is 0.246 e. The van der Waals surface area contributed by atoms with Gasteiger partial charge in [-0.15, -0.1) is 0 Å². The van der Waals surface area contributed by atoms with Crippen LogP contribution in [0.1, 0.15) is 19.4 Å². The predicted molar refractivity (Wildman–Crippen MR) is 110 cm³/mol. The van der Waals surface area contributed by atoms with E-state index in [1.165, 1.54) is 17.0 Å². The van der Waals surface area contributed by atoms with Crippen LogP contribution in [0.5, 0.6) is 5.75 Å². The molecule has 2 aliphatic heterocycles. The lowest BCUT2D eigenvalue weighted by Gasteiger charge is -2.34. The number of carbonyl (C=O) groups is 2. The lowest BCUT2D eigenvalue weighted by atomic mass is 9.98. The summed E-state index contributed by atoms with van der Waals surface area (Å²) >= 11 is 0. The summed E-state index contributed by atoms with van der Waals surface area (Å²) in [6.45, 7) is 5.81. The van der Waals surface area contributed by atoms with E-state index in [0.29, 0.717) is 26.3 Å². The molecule has 0 aliphatic carbocycles. The number of nitrogens with two attached hydrogens (primary N) is 2. The number of phenolic OH excluding ortho intramolecular Hbond substituents is 1. The third-order valence-corrected chi connectivity index (χ3v) is 5.81. The molecule has 1 aromatic rings. The molecule has 0 saturated carbocycles. The number of benzene rings is 1. The van der Waals surface area contributed by atoms with Crippen LogP contribution in [0.3, 0.4) is 0 Å². The van der Waals surface area contributed by atoms with E-state index in [1.54, 1.807) is 12.1 Å². The third-order valence-electron chi connectivity index (χ3n) is 5.81. The summed E-state index contributed by atoms with van der Waals surface area (Å²) in [5.74, 6) is -1.97. The molecule has 2 heterocycles. The van der Waals surface area contributed by atoms with E-state index in [9.17, 15) is 14.7 Å². The molecule has 2 fully saturated rings. The van der Waals surface area contributed by atoms with Crippen LogP contribution in [0.4, 0.5) is 0 Å². The number of hydrogen-bond donors (Lipinski definition) is 4. The number of ether oxygens (including phenoxy) is 2. The minimum atomic E-state index is -0.923. The maximum atomic E-state index is 13.2. The van der Waals surface area contributed by atoms with Crippen LogP contribution in [0, 0.1) is 11.8 Å². The van der Waals surface area contributed by atoms with Crippen molar-refractivity contribution >= 4 is 11.8 Å². The lowest BCUT2D eigenvalue weighted by Crippen LogP contribution is -2.57. The van der Waals surface area contributed by atoms with E-state index < -0.39 is 29.7 Å². The molecule has 2 aliphatic rings. The SMILES string of the molecule is CC(C)[C@H](N)C(=O)N(CC1CNCC12OCCO2)C(=O)[C@@H](N)Cc1ccc(O)cc1. The standard InChI is InChI=1S/C21H32N4O5/c1-13(2)18(23)20(28)25(11-15-10-24-12-21(15)29-7-8-30-21)19(27)17(22)9-14-3-5-16(26)6-4-14/h3-6,13,15,17-18,24,26H,7-12,22-23H2,1-2H3/t15?,17-,18-/m0/s1. The van der Waals surface area contributed by atoms with E-state index in [0.717, 1.165) is 5.56 Å². The second-order valence-electron chi connectivity index (χ2n) is 8.37. The Kier molecular flexibility index (Phi) is 7.10. The van der Waals surface area contributed by atoms with Crippen molar-refractivity contribution in [3.8, 4) is 5.75 Å². The van der Waals surface area contributed by atoms with Gasteiger partial charge in [0.25, 0.3) is 0 Å². The van der Waals surface area contributed by atoms with Gasteiger partial charge in [0, 0.05) is 19.0 Å². The summed E-state index contributed by atoms with van der Waals surface area (Å²) in [4.78, 5) is 27.5. The normalized spacial score (nSPS) is 22.4. The quantitative estimate of drug-likeness (QED) is 0.466. The van der Waals surface area contributed by atoms with Gasteiger partial charge in [-0.25, -0.2) is 0 Å². The van der Waals surface area contributed by atoms with Crippen molar-refractivity contribution in [1.82, 2.24) is 10.2 Å². The van der Waals surface area contributed by atoms with Gasteiger partial charge in [0.05, 0.1) is 31.8 Å². The van der Waals surface area contributed by atoms with Crippen molar-refractivity contribution in [1.29, 1.82) is 0 Å². The Morgan fingerprint density at radius 2 is 1.83 bits per heavy atom. The van der Waals surface area contributed by atoms with E-state index in [2.05, 4.69) is 5.32 Å². The highest BCUT2D eigenvalue weighted by Crippen LogP contribution is 2.32. The molecule has 3 rings (SSSR count). The number of imide groups is 1. The second kappa shape index (κ2) is 9.40. The highest BCUT2D eigenvalue weighted by molar-refractivity contribution is 6.00. The van der Waals surface area contributed by atoms with Crippen molar-refractivity contribution in [3.05, 3.63) is 29.8 Å². The maximum Gasteiger partial charge on any atom is 0.246 e. The number of phenols is 1. The number of hydrogen-bond acceptors (Lipinski definition) is 8. The lowest BCUT2D eigenvalue weighted by molar-refractivity contribution is -0.177. The van der Waals surface area contributed by atoms with Crippen molar-refractivity contribution < 1.29 is 24.2 Å². The molecule has 0 radical (unpaired) electrons. The van der Waals surface area contributed by atoms with Gasteiger partial charge in [0.1, 0.15) is 5.75 Å². The molecular formula is C21H32N4O5. The number of nitrogens with zero attached hydrogens (tertiary/aromatic N) is 1. The Hall–Kier alpha value is -2.04.